The highest BCUT2D eigenvalue weighted by Gasteiger charge is 2.44. The van der Waals surface area contributed by atoms with E-state index in [2.05, 4.69) is 19.7 Å². The van der Waals surface area contributed by atoms with Crippen LogP contribution in [0.1, 0.15) is 29.4 Å². The number of ketones is 1. The predicted octanol–water partition coefficient (Wildman–Crippen LogP) is 0.0321. The highest BCUT2D eigenvalue weighted by molar-refractivity contribution is 7.92. The standard InChI is InChI=1S/C21H23N7O8S/c22-19-16-20(24-10-23-19)27(11-25-16)21-18(31)17(30)15(36-21)9-26-37(34,35)8-4-3-7-14(29)12-5-1-2-6-13(12)28(32)33/h1-2,4-6,8,10-11,15,17-18,21,26,30-31H,3,7,9H2,(H2,22,23,24)/b8-4+/t15-,17-,18-,21-/m1/s1. The number of aromatic nitrogens is 4. The molecule has 15 nitrogen and oxygen atoms in total. The van der Waals surface area contributed by atoms with Gasteiger partial charge in [0.1, 0.15) is 30.2 Å². The fourth-order valence-electron chi connectivity index (χ4n) is 3.84. The molecule has 1 saturated heterocycles. The van der Waals surface area contributed by atoms with Crippen molar-refractivity contribution in [2.24, 2.45) is 0 Å². The maximum Gasteiger partial charge on any atom is 0.280 e. The Morgan fingerprint density at radius 3 is 2.76 bits per heavy atom. The number of nitro benzene ring substituents is 1. The van der Waals surface area contributed by atoms with E-state index in [1.807, 2.05) is 0 Å². The largest absolute Gasteiger partial charge is 0.387 e. The number of anilines is 1. The molecule has 5 N–H and O–H groups in total. The van der Waals surface area contributed by atoms with Crippen molar-refractivity contribution in [3.8, 4) is 0 Å². The number of rotatable bonds is 10. The molecule has 0 amide bonds. The first kappa shape index (κ1) is 26.2. The fraction of sp³-hybridized carbons (Fsp3) is 0.333. The molecule has 196 valence electrons. The third-order valence-corrected chi connectivity index (χ3v) is 6.82. The van der Waals surface area contributed by atoms with E-state index in [4.69, 9.17) is 10.5 Å². The molecule has 1 aliphatic heterocycles. The van der Waals surface area contributed by atoms with Crippen molar-refractivity contribution in [1.29, 1.82) is 0 Å². The van der Waals surface area contributed by atoms with Gasteiger partial charge in [-0.1, -0.05) is 18.2 Å². The molecule has 3 heterocycles. The SMILES string of the molecule is Nc1ncnc2c1ncn2[C@@H]1O[C@H](CNS(=O)(=O)/C=C/CCC(=O)c2ccccc2[N+](=O)[O-])[C@@H](O)[C@H]1O. The second kappa shape index (κ2) is 10.7. The van der Waals surface area contributed by atoms with Gasteiger partial charge >= 0.3 is 0 Å². The molecule has 0 unspecified atom stereocenters. The average Bonchev–Trinajstić information content (AvgIpc) is 3.42. The Morgan fingerprint density at radius 1 is 1.24 bits per heavy atom. The van der Waals surface area contributed by atoms with Gasteiger partial charge in [-0.05, 0) is 12.5 Å². The number of nitrogens with two attached hydrogens (primary N) is 1. The van der Waals surface area contributed by atoms with Crippen LogP contribution in [0.25, 0.3) is 11.2 Å². The number of fused-ring (bicyclic) bond motifs is 1. The molecule has 1 aliphatic rings. The topological polar surface area (TPSA) is 226 Å². The monoisotopic (exact) mass is 533 g/mol. The number of nitrogen functional groups attached to an aromatic ring is 1. The molecule has 4 rings (SSSR count). The summed E-state index contributed by atoms with van der Waals surface area (Å²) in [6.07, 6.45) is -1.39. The normalized spacial score (nSPS) is 22.1. The molecule has 0 spiro atoms. The molecule has 3 aromatic rings. The smallest absolute Gasteiger partial charge is 0.280 e. The van der Waals surface area contributed by atoms with E-state index < -0.39 is 45.3 Å². The Balaban J connectivity index is 1.33. The van der Waals surface area contributed by atoms with Crippen molar-refractivity contribution in [2.75, 3.05) is 12.3 Å². The number of aliphatic hydroxyl groups excluding tert-OH is 2. The minimum Gasteiger partial charge on any atom is -0.387 e. The minimum absolute atomic E-state index is 0.0217. The van der Waals surface area contributed by atoms with Gasteiger partial charge in [0.2, 0.25) is 10.0 Å². The summed E-state index contributed by atoms with van der Waals surface area (Å²) in [5, 5.41) is 32.8. The number of carbonyl (C=O) groups is 1. The summed E-state index contributed by atoms with van der Waals surface area (Å²) in [6.45, 7) is -0.361. The molecule has 0 radical (unpaired) electrons. The van der Waals surface area contributed by atoms with E-state index in [-0.39, 0.29) is 47.6 Å². The van der Waals surface area contributed by atoms with Crippen LogP contribution >= 0.6 is 0 Å². The first-order valence-corrected chi connectivity index (χ1v) is 12.5. The van der Waals surface area contributed by atoms with Gasteiger partial charge in [-0.25, -0.2) is 28.1 Å². The number of Topliss-reactive ketones (excluding diaryl/α,β-unsaturated/α-hetero) is 1. The number of allylic oxidation sites excluding steroid dienone is 1. The summed E-state index contributed by atoms with van der Waals surface area (Å²) in [6, 6.07) is 5.51. The van der Waals surface area contributed by atoms with Crippen molar-refractivity contribution in [2.45, 2.75) is 37.4 Å². The minimum atomic E-state index is -3.98. The van der Waals surface area contributed by atoms with Gasteiger partial charge in [0.05, 0.1) is 16.8 Å². The Bertz CT molecular complexity index is 1460. The lowest BCUT2D eigenvalue weighted by Crippen LogP contribution is -2.39. The molecule has 37 heavy (non-hydrogen) atoms. The number of benzene rings is 1. The van der Waals surface area contributed by atoms with E-state index in [1.165, 1.54) is 47.6 Å². The lowest BCUT2D eigenvalue weighted by molar-refractivity contribution is -0.385. The van der Waals surface area contributed by atoms with Crippen molar-refractivity contribution in [3.63, 3.8) is 0 Å². The van der Waals surface area contributed by atoms with Crippen LogP contribution in [0.15, 0.2) is 48.4 Å². The first-order chi connectivity index (χ1) is 17.6. The number of ether oxygens (including phenoxy) is 1. The number of sulfonamides is 1. The zero-order chi connectivity index (χ0) is 26.7. The Morgan fingerprint density at radius 2 is 2.00 bits per heavy atom. The number of imidazole rings is 1. The van der Waals surface area contributed by atoms with Gasteiger partial charge in [0.25, 0.3) is 5.69 Å². The highest BCUT2D eigenvalue weighted by Crippen LogP contribution is 2.31. The molecule has 2 aromatic heterocycles. The van der Waals surface area contributed by atoms with Crippen LogP contribution in [-0.4, -0.2) is 73.7 Å². The van der Waals surface area contributed by atoms with Crippen LogP contribution in [0.4, 0.5) is 11.5 Å². The maximum absolute atomic E-state index is 12.3. The van der Waals surface area contributed by atoms with Gasteiger partial charge < -0.3 is 20.7 Å². The number of nitro groups is 1. The number of nitrogens with one attached hydrogen (secondary N) is 1. The number of carbonyl (C=O) groups excluding carboxylic acids is 1. The van der Waals surface area contributed by atoms with Gasteiger partial charge in [-0.3, -0.25) is 19.5 Å². The second-order valence-corrected chi connectivity index (χ2v) is 9.78. The lowest BCUT2D eigenvalue weighted by Gasteiger charge is -2.16. The summed E-state index contributed by atoms with van der Waals surface area (Å²) in [5.41, 5.74) is 5.93. The van der Waals surface area contributed by atoms with Gasteiger partial charge in [-0.15, -0.1) is 0 Å². The van der Waals surface area contributed by atoms with Crippen molar-refractivity contribution < 1.29 is 33.1 Å². The van der Waals surface area contributed by atoms with Crippen LogP contribution in [0.5, 0.6) is 0 Å². The van der Waals surface area contributed by atoms with Gasteiger partial charge in [-0.2, -0.15) is 0 Å². The molecule has 0 aliphatic carbocycles. The van der Waals surface area contributed by atoms with Crippen LogP contribution < -0.4 is 10.5 Å². The Kier molecular flexibility index (Phi) is 7.55. The number of nitrogens with zero attached hydrogens (tertiary/aromatic N) is 5. The van der Waals surface area contributed by atoms with E-state index in [9.17, 15) is 33.5 Å². The van der Waals surface area contributed by atoms with E-state index >= 15 is 0 Å². The summed E-state index contributed by atoms with van der Waals surface area (Å²) < 4.78 is 34.0. The molecular weight excluding hydrogens is 510 g/mol. The van der Waals surface area contributed by atoms with E-state index in [0.29, 0.717) is 0 Å². The second-order valence-electron chi connectivity index (χ2n) is 8.13. The first-order valence-electron chi connectivity index (χ1n) is 11.0. The molecule has 1 fully saturated rings. The van der Waals surface area contributed by atoms with Crippen LogP contribution in [0.2, 0.25) is 0 Å². The quantitative estimate of drug-likeness (QED) is 0.154. The van der Waals surface area contributed by atoms with Crippen LogP contribution in [0.3, 0.4) is 0 Å². The summed E-state index contributed by atoms with van der Waals surface area (Å²) in [4.78, 5) is 34.7. The maximum atomic E-state index is 12.3. The lowest BCUT2D eigenvalue weighted by atomic mass is 10.0. The molecule has 0 bridgehead atoms. The number of hydrogen-bond donors (Lipinski definition) is 4. The van der Waals surface area contributed by atoms with Gasteiger partial charge in [0, 0.05) is 24.4 Å². The van der Waals surface area contributed by atoms with Gasteiger partial charge in [0.15, 0.2) is 23.5 Å². The van der Waals surface area contributed by atoms with Crippen LogP contribution in [-0.2, 0) is 14.8 Å². The molecular formula is C21H23N7O8S. The number of hydrogen-bond acceptors (Lipinski definition) is 12. The molecule has 0 saturated carbocycles. The van der Waals surface area contributed by atoms with E-state index in [1.54, 1.807) is 0 Å². The van der Waals surface area contributed by atoms with Crippen LogP contribution in [0, 0.1) is 10.1 Å². The fourth-order valence-corrected chi connectivity index (χ4v) is 4.73. The average molecular weight is 534 g/mol. The number of para-hydroxylation sites is 1. The Labute approximate surface area is 209 Å². The number of aliphatic hydroxyl groups is 2. The zero-order valence-corrected chi connectivity index (χ0v) is 19.9. The van der Waals surface area contributed by atoms with Crippen molar-refractivity contribution >= 4 is 38.5 Å². The van der Waals surface area contributed by atoms with E-state index in [0.717, 1.165) is 5.41 Å². The summed E-state index contributed by atoms with van der Waals surface area (Å²) in [5.74, 6) is -0.375. The summed E-state index contributed by atoms with van der Waals surface area (Å²) >= 11 is 0. The Hall–Kier alpha value is -3.83. The van der Waals surface area contributed by atoms with Crippen molar-refractivity contribution in [3.05, 3.63) is 64.1 Å². The third-order valence-electron chi connectivity index (χ3n) is 5.70. The molecule has 4 atom stereocenters. The highest BCUT2D eigenvalue weighted by atomic mass is 32.2. The molecule has 1 aromatic carbocycles. The zero-order valence-electron chi connectivity index (χ0n) is 19.1. The molecule has 16 heteroatoms. The summed E-state index contributed by atoms with van der Waals surface area (Å²) in [7, 11) is -3.98. The predicted molar refractivity (Wildman–Crippen MR) is 128 cm³/mol. The van der Waals surface area contributed by atoms with Crippen molar-refractivity contribution in [1.82, 2.24) is 24.2 Å². The third kappa shape index (κ3) is 5.62.